The van der Waals surface area contributed by atoms with E-state index in [1.54, 1.807) is 60.7 Å². The van der Waals surface area contributed by atoms with Crippen molar-refractivity contribution in [1.82, 2.24) is 4.90 Å². The molecule has 1 atom stereocenters. The van der Waals surface area contributed by atoms with Crippen LogP contribution in [0.25, 0.3) is 5.76 Å². The van der Waals surface area contributed by atoms with Gasteiger partial charge in [0.05, 0.1) is 24.4 Å². The van der Waals surface area contributed by atoms with Crippen LogP contribution < -0.4 is 4.74 Å². The first-order chi connectivity index (χ1) is 17.0. The van der Waals surface area contributed by atoms with Crippen LogP contribution in [-0.2, 0) is 16.1 Å². The van der Waals surface area contributed by atoms with E-state index >= 15 is 0 Å². The van der Waals surface area contributed by atoms with Crippen molar-refractivity contribution >= 4 is 33.4 Å². The van der Waals surface area contributed by atoms with E-state index in [4.69, 9.17) is 9.15 Å². The summed E-state index contributed by atoms with van der Waals surface area (Å²) < 4.78 is 12.3. The Morgan fingerprint density at radius 2 is 1.66 bits per heavy atom. The monoisotopic (exact) mass is 529 g/mol. The van der Waals surface area contributed by atoms with Gasteiger partial charge in [0.1, 0.15) is 23.0 Å². The lowest BCUT2D eigenvalue weighted by atomic mass is 9.95. The van der Waals surface area contributed by atoms with Gasteiger partial charge in [-0.05, 0) is 54.1 Å². The number of nitrogens with zero attached hydrogens (tertiary/aromatic N) is 1. The van der Waals surface area contributed by atoms with Gasteiger partial charge in [-0.2, -0.15) is 0 Å². The molecule has 4 aromatic rings. The van der Waals surface area contributed by atoms with Crippen LogP contribution in [0.2, 0.25) is 0 Å². The summed E-state index contributed by atoms with van der Waals surface area (Å²) >= 11 is 3.37. The van der Waals surface area contributed by atoms with Gasteiger partial charge in [0.15, 0.2) is 0 Å². The minimum Gasteiger partial charge on any atom is -0.507 e. The lowest BCUT2D eigenvalue weighted by Gasteiger charge is -2.25. The maximum atomic E-state index is 13.2. The van der Waals surface area contributed by atoms with Gasteiger partial charge in [0.2, 0.25) is 0 Å². The summed E-state index contributed by atoms with van der Waals surface area (Å²) in [5.74, 6) is 0.0234. The zero-order valence-electron chi connectivity index (χ0n) is 18.4. The Balaban J connectivity index is 1.61. The van der Waals surface area contributed by atoms with Crippen molar-refractivity contribution in [1.29, 1.82) is 0 Å². The van der Waals surface area contributed by atoms with Crippen LogP contribution in [0.5, 0.6) is 11.5 Å². The number of rotatable bonds is 6. The Bertz CT molecular complexity index is 1400. The number of amides is 1. The lowest BCUT2D eigenvalue weighted by Crippen LogP contribution is -2.29. The fourth-order valence-corrected chi connectivity index (χ4v) is 4.36. The van der Waals surface area contributed by atoms with Crippen molar-refractivity contribution in [2.75, 3.05) is 0 Å². The SMILES string of the molecule is O=C1C(=O)N(Cc2ccco2)C(c2cccc(Oc3ccccc3)c2)C1=C(O)c1ccc(Br)cc1. The predicted molar refractivity (Wildman–Crippen MR) is 134 cm³/mol. The summed E-state index contributed by atoms with van der Waals surface area (Å²) in [6, 6.07) is 26.0. The number of furan rings is 1. The Morgan fingerprint density at radius 3 is 2.37 bits per heavy atom. The van der Waals surface area contributed by atoms with Crippen molar-refractivity contribution in [3.63, 3.8) is 0 Å². The highest BCUT2D eigenvalue weighted by Crippen LogP contribution is 2.41. The molecule has 35 heavy (non-hydrogen) atoms. The smallest absolute Gasteiger partial charge is 0.296 e. The molecule has 1 aliphatic rings. The third kappa shape index (κ3) is 4.63. The van der Waals surface area contributed by atoms with Crippen molar-refractivity contribution in [3.05, 3.63) is 124 Å². The largest absolute Gasteiger partial charge is 0.507 e. The summed E-state index contributed by atoms with van der Waals surface area (Å²) in [7, 11) is 0. The molecule has 2 heterocycles. The van der Waals surface area contributed by atoms with E-state index in [0.717, 1.165) is 4.47 Å². The van der Waals surface area contributed by atoms with E-state index < -0.39 is 17.7 Å². The van der Waals surface area contributed by atoms with Crippen LogP contribution >= 0.6 is 15.9 Å². The van der Waals surface area contributed by atoms with E-state index in [0.29, 0.717) is 28.4 Å². The summed E-state index contributed by atoms with van der Waals surface area (Å²) in [6.07, 6.45) is 1.51. The van der Waals surface area contributed by atoms with Crippen LogP contribution in [0.3, 0.4) is 0 Å². The third-order valence-corrected chi connectivity index (χ3v) is 6.25. The third-order valence-electron chi connectivity index (χ3n) is 5.72. The number of ether oxygens (including phenoxy) is 1. The number of Topliss-reactive ketones (excluding diaryl/α,β-unsaturated/α-hetero) is 1. The number of carbonyl (C=O) groups excluding carboxylic acids is 2. The molecule has 1 fully saturated rings. The quantitative estimate of drug-likeness (QED) is 0.176. The van der Waals surface area contributed by atoms with E-state index in [1.165, 1.54) is 11.2 Å². The molecule has 0 saturated carbocycles. The number of benzene rings is 3. The van der Waals surface area contributed by atoms with Crippen LogP contribution in [0.15, 0.2) is 112 Å². The molecular weight excluding hydrogens is 510 g/mol. The summed E-state index contributed by atoms with van der Waals surface area (Å²) in [6.45, 7) is 0.0725. The van der Waals surface area contributed by atoms with Crippen molar-refractivity contribution < 1.29 is 23.8 Å². The molecule has 0 aliphatic carbocycles. The highest BCUT2D eigenvalue weighted by Gasteiger charge is 2.46. The first-order valence-electron chi connectivity index (χ1n) is 10.9. The molecule has 174 valence electrons. The number of hydrogen-bond donors (Lipinski definition) is 1. The van der Waals surface area contributed by atoms with Crippen molar-refractivity contribution in [3.8, 4) is 11.5 Å². The average Bonchev–Trinajstić information content (AvgIpc) is 3.47. The molecule has 1 amide bonds. The highest BCUT2D eigenvalue weighted by molar-refractivity contribution is 9.10. The zero-order valence-corrected chi connectivity index (χ0v) is 20.0. The summed E-state index contributed by atoms with van der Waals surface area (Å²) in [5.41, 5.74) is 1.08. The first kappa shape index (κ1) is 22.7. The number of aliphatic hydroxyl groups excluding tert-OH is 1. The molecule has 1 aromatic heterocycles. The molecule has 1 aliphatic heterocycles. The van der Waals surface area contributed by atoms with Gasteiger partial charge >= 0.3 is 0 Å². The second-order valence-corrected chi connectivity index (χ2v) is 8.92. The van der Waals surface area contributed by atoms with Crippen LogP contribution in [0, 0.1) is 0 Å². The minimum atomic E-state index is -0.830. The van der Waals surface area contributed by atoms with Crippen molar-refractivity contribution in [2.24, 2.45) is 0 Å². The zero-order chi connectivity index (χ0) is 24.4. The second-order valence-electron chi connectivity index (χ2n) is 8.00. The highest BCUT2D eigenvalue weighted by atomic mass is 79.9. The number of hydrogen-bond acceptors (Lipinski definition) is 5. The lowest BCUT2D eigenvalue weighted by molar-refractivity contribution is -0.140. The Kier molecular flexibility index (Phi) is 6.25. The number of carbonyl (C=O) groups is 2. The van der Waals surface area contributed by atoms with Crippen molar-refractivity contribution in [2.45, 2.75) is 12.6 Å². The maximum absolute atomic E-state index is 13.2. The van der Waals surface area contributed by atoms with Gasteiger partial charge in [0.25, 0.3) is 11.7 Å². The Labute approximate surface area is 210 Å². The van der Waals surface area contributed by atoms with Gasteiger partial charge in [0, 0.05) is 10.0 Å². The van der Waals surface area contributed by atoms with Crippen LogP contribution in [-0.4, -0.2) is 21.7 Å². The molecule has 0 spiro atoms. The number of halogens is 1. The number of ketones is 1. The molecule has 0 bridgehead atoms. The van der Waals surface area contributed by atoms with E-state index in [2.05, 4.69) is 15.9 Å². The fraction of sp³-hybridized carbons (Fsp3) is 0.0714. The number of para-hydroxylation sites is 1. The van der Waals surface area contributed by atoms with Crippen LogP contribution in [0.4, 0.5) is 0 Å². The van der Waals surface area contributed by atoms with Gasteiger partial charge < -0.3 is 19.2 Å². The molecule has 7 heteroatoms. The van der Waals surface area contributed by atoms with E-state index in [-0.39, 0.29) is 17.9 Å². The molecule has 6 nitrogen and oxygen atoms in total. The van der Waals surface area contributed by atoms with Crippen LogP contribution in [0.1, 0.15) is 22.9 Å². The van der Waals surface area contributed by atoms with Gasteiger partial charge in [-0.15, -0.1) is 0 Å². The molecular formula is C28H20BrNO5. The summed E-state index contributed by atoms with van der Waals surface area (Å²) in [5, 5.41) is 11.2. The molecule has 3 aromatic carbocycles. The molecule has 1 N–H and O–H groups in total. The molecule has 0 radical (unpaired) electrons. The molecule has 1 unspecified atom stereocenters. The average molecular weight is 530 g/mol. The standard InChI is InChI=1S/C28H20BrNO5/c29-20-13-11-18(12-14-20)26(31)24-25(30(28(33)27(24)32)17-23-10-5-15-34-23)19-6-4-9-22(16-19)35-21-7-2-1-3-8-21/h1-16,25,31H,17H2. The summed E-state index contributed by atoms with van der Waals surface area (Å²) in [4.78, 5) is 27.8. The normalized spacial score (nSPS) is 17.1. The number of aliphatic hydroxyl groups is 1. The Morgan fingerprint density at radius 1 is 0.914 bits per heavy atom. The van der Waals surface area contributed by atoms with E-state index in [9.17, 15) is 14.7 Å². The Hall–Kier alpha value is -4.10. The maximum Gasteiger partial charge on any atom is 0.296 e. The van der Waals surface area contributed by atoms with Gasteiger partial charge in [-0.3, -0.25) is 9.59 Å². The van der Waals surface area contributed by atoms with E-state index in [1.807, 2.05) is 30.3 Å². The predicted octanol–water partition coefficient (Wildman–Crippen LogP) is 6.46. The van der Waals surface area contributed by atoms with Gasteiger partial charge in [-0.25, -0.2) is 0 Å². The topological polar surface area (TPSA) is 80.0 Å². The first-order valence-corrected chi connectivity index (χ1v) is 11.7. The fourth-order valence-electron chi connectivity index (χ4n) is 4.10. The molecule has 1 saturated heterocycles. The minimum absolute atomic E-state index is 0.0146. The number of likely N-dealkylation sites (tertiary alicyclic amines) is 1. The second kappa shape index (κ2) is 9.64. The molecule has 5 rings (SSSR count). The van der Waals surface area contributed by atoms with Gasteiger partial charge in [-0.1, -0.05) is 58.4 Å².